The average molecular weight is 331 g/mol. The number of alkyl halides is 6. The van der Waals surface area contributed by atoms with Gasteiger partial charge in [0.05, 0.1) is 6.07 Å². The second-order valence-electron chi connectivity index (χ2n) is 1.79. The first kappa shape index (κ1) is 25.4. The van der Waals surface area contributed by atoms with Crippen molar-refractivity contribution >= 4 is 11.9 Å². The molecule has 0 rings (SSSR count). The normalized spacial score (nSPS) is 9.22. The molecule has 0 bridgehead atoms. The summed E-state index contributed by atoms with van der Waals surface area (Å²) < 4.78 is 63.1. The van der Waals surface area contributed by atoms with E-state index in [1.54, 1.807) is 6.07 Å². The minimum absolute atomic E-state index is 0. The summed E-state index contributed by atoms with van der Waals surface area (Å²) in [7, 11) is 0. The van der Waals surface area contributed by atoms with Crippen molar-refractivity contribution in [3.63, 3.8) is 0 Å². The van der Waals surface area contributed by atoms with Gasteiger partial charge in [-0.3, -0.25) is 0 Å². The summed E-state index contributed by atoms with van der Waals surface area (Å²) in [6.07, 6.45) is -10.4. The molecule has 0 unspecified atom stereocenters. The predicted octanol–water partition coefficient (Wildman–Crippen LogP) is -0.875. The molecular weight excluding hydrogens is 328 g/mol. The van der Waals surface area contributed by atoms with Gasteiger partial charge in [-0.1, -0.05) is 0 Å². The molecule has 109 valence electrons. The van der Waals surface area contributed by atoms with Crippen molar-refractivity contribution < 1.29 is 63.2 Å². The molecule has 0 heterocycles. The second kappa shape index (κ2) is 10.7. The van der Waals surface area contributed by atoms with E-state index in [0.29, 0.717) is 0 Å². The van der Waals surface area contributed by atoms with Crippen molar-refractivity contribution in [2.45, 2.75) is 19.3 Å². The first-order chi connectivity index (χ1) is 7.30. The molecule has 0 atom stereocenters. The number of carbonyl (C=O) groups excluding carboxylic acids is 2. The molecule has 0 aromatic carbocycles. The van der Waals surface area contributed by atoms with Crippen LogP contribution in [0.3, 0.4) is 0 Å². The van der Waals surface area contributed by atoms with Crippen molar-refractivity contribution in [3.05, 3.63) is 0 Å². The Balaban J connectivity index is -0.0000000857. The van der Waals surface area contributed by atoms with Gasteiger partial charge in [0.2, 0.25) is 0 Å². The van der Waals surface area contributed by atoms with Gasteiger partial charge >= 0.3 is 29.4 Å². The van der Waals surface area contributed by atoms with Gasteiger partial charge in [-0.25, -0.2) is 0 Å². The largest absolute Gasteiger partial charge is 2.00 e. The maximum absolute atomic E-state index is 10.5. The Hall–Kier alpha value is -1.47. The molecule has 0 fully saturated rings. The van der Waals surface area contributed by atoms with E-state index in [9.17, 15) is 26.3 Å². The molecule has 0 spiro atoms. The standard InChI is InChI=1S/2C2HF3O2.C2H3N.Cu/c2*3-2(4,5)1(6)7;1-2-3;/h2*(H,6,7);1H3;/q;;;+2/p-2. The third-order valence-corrected chi connectivity index (χ3v) is 0.463. The Bertz CT molecular complexity index is 270. The fraction of sp³-hybridized carbons (Fsp3) is 0.500. The smallest absolute Gasteiger partial charge is 0.542 e. The second-order valence-corrected chi connectivity index (χ2v) is 1.79. The molecule has 18 heavy (non-hydrogen) atoms. The quantitative estimate of drug-likeness (QED) is 0.424. The van der Waals surface area contributed by atoms with Crippen LogP contribution in [-0.2, 0) is 26.7 Å². The molecule has 0 aromatic heterocycles. The number of carbonyl (C=O) groups is 2. The van der Waals surface area contributed by atoms with E-state index in [1.807, 2.05) is 0 Å². The summed E-state index contributed by atoms with van der Waals surface area (Å²) >= 11 is 0. The first-order valence-electron chi connectivity index (χ1n) is 3.17. The van der Waals surface area contributed by atoms with E-state index in [0.717, 1.165) is 0 Å². The molecule has 0 saturated heterocycles. The molecular formula is C6H3CuF6NO4. The van der Waals surface area contributed by atoms with Crippen LogP contribution >= 0.6 is 0 Å². The van der Waals surface area contributed by atoms with Crippen LogP contribution in [0.5, 0.6) is 0 Å². The summed E-state index contributed by atoms with van der Waals surface area (Å²) in [5, 5.41) is 24.9. The number of aliphatic carboxylic acids is 2. The van der Waals surface area contributed by atoms with Crippen molar-refractivity contribution in [1.29, 1.82) is 5.26 Å². The van der Waals surface area contributed by atoms with Crippen molar-refractivity contribution in [1.82, 2.24) is 0 Å². The number of carboxylic acids is 2. The predicted molar refractivity (Wildman–Crippen MR) is 33.4 cm³/mol. The Morgan fingerprint density at radius 3 is 1.00 bits per heavy atom. The molecule has 0 aliphatic carbocycles. The van der Waals surface area contributed by atoms with Crippen LogP contribution in [0.25, 0.3) is 0 Å². The first-order valence-corrected chi connectivity index (χ1v) is 3.17. The molecule has 0 aliphatic heterocycles. The van der Waals surface area contributed by atoms with Gasteiger partial charge in [-0.05, 0) is 0 Å². The number of nitrogens with zero attached hydrogens (tertiary/aromatic N) is 1. The number of carboxylic acid groups (broad SMARTS) is 2. The summed E-state index contributed by atoms with van der Waals surface area (Å²) in [5.41, 5.74) is 0. The van der Waals surface area contributed by atoms with Crippen LogP contribution in [-0.4, -0.2) is 24.3 Å². The topological polar surface area (TPSA) is 104 Å². The average Bonchev–Trinajstić information content (AvgIpc) is 2.02. The number of nitriles is 1. The number of halogens is 6. The van der Waals surface area contributed by atoms with Gasteiger partial charge in [-0.2, -0.15) is 31.6 Å². The van der Waals surface area contributed by atoms with Crippen LogP contribution in [0, 0.1) is 11.3 Å². The maximum atomic E-state index is 10.5. The molecule has 0 saturated carbocycles. The minimum Gasteiger partial charge on any atom is -0.542 e. The van der Waals surface area contributed by atoms with E-state index >= 15 is 0 Å². The SMILES string of the molecule is CC#N.O=C([O-])C(F)(F)F.O=C([O-])C(F)(F)F.[Cu+2]. The van der Waals surface area contributed by atoms with Crippen LogP contribution in [0.1, 0.15) is 6.92 Å². The molecule has 12 heteroatoms. The third-order valence-electron chi connectivity index (χ3n) is 0.463. The Morgan fingerprint density at radius 2 is 1.00 bits per heavy atom. The third kappa shape index (κ3) is 24.0. The fourth-order valence-electron chi connectivity index (χ4n) is 0. The molecule has 0 N–H and O–H groups in total. The maximum Gasteiger partial charge on any atom is 2.00 e. The van der Waals surface area contributed by atoms with Crippen molar-refractivity contribution in [2.24, 2.45) is 0 Å². The summed E-state index contributed by atoms with van der Waals surface area (Å²) in [5.74, 6) is -6.01. The van der Waals surface area contributed by atoms with Gasteiger partial charge < -0.3 is 19.8 Å². The zero-order valence-electron chi connectivity index (χ0n) is 8.15. The zero-order chi connectivity index (χ0) is 14.9. The summed E-state index contributed by atoms with van der Waals surface area (Å²) in [6, 6.07) is 1.75. The zero-order valence-corrected chi connectivity index (χ0v) is 9.09. The number of rotatable bonds is 0. The Labute approximate surface area is 106 Å². The van der Waals surface area contributed by atoms with E-state index < -0.39 is 24.3 Å². The van der Waals surface area contributed by atoms with E-state index in [1.165, 1.54) is 6.92 Å². The summed E-state index contributed by atoms with van der Waals surface area (Å²) in [6.45, 7) is 1.43. The molecule has 1 radical (unpaired) electrons. The van der Waals surface area contributed by atoms with Gasteiger partial charge in [0.25, 0.3) is 0 Å². The van der Waals surface area contributed by atoms with Crippen LogP contribution in [0.2, 0.25) is 0 Å². The monoisotopic (exact) mass is 330 g/mol. The van der Waals surface area contributed by atoms with E-state index in [2.05, 4.69) is 0 Å². The van der Waals surface area contributed by atoms with E-state index in [-0.39, 0.29) is 17.1 Å². The van der Waals surface area contributed by atoms with Crippen molar-refractivity contribution in [3.8, 4) is 6.07 Å². The molecule has 0 aliphatic rings. The Morgan fingerprint density at radius 1 is 0.944 bits per heavy atom. The fourth-order valence-corrected chi connectivity index (χ4v) is 0. The van der Waals surface area contributed by atoms with Crippen LogP contribution < -0.4 is 10.2 Å². The summed E-state index contributed by atoms with van der Waals surface area (Å²) in [4.78, 5) is 17.6. The molecule has 5 nitrogen and oxygen atoms in total. The van der Waals surface area contributed by atoms with Crippen LogP contribution in [0.15, 0.2) is 0 Å². The van der Waals surface area contributed by atoms with Gasteiger partial charge in [0.15, 0.2) is 0 Å². The number of hydrogen-bond donors (Lipinski definition) is 0. The van der Waals surface area contributed by atoms with Gasteiger partial charge in [-0.15, -0.1) is 0 Å². The van der Waals surface area contributed by atoms with Crippen molar-refractivity contribution in [2.75, 3.05) is 0 Å². The minimum atomic E-state index is -5.19. The van der Waals surface area contributed by atoms with Gasteiger partial charge in [0.1, 0.15) is 11.9 Å². The Kier molecular flexibility index (Phi) is 15.1. The van der Waals surface area contributed by atoms with Gasteiger partial charge in [0, 0.05) is 6.92 Å². The van der Waals surface area contributed by atoms with E-state index in [4.69, 9.17) is 25.1 Å². The molecule has 0 amide bonds. The molecule has 0 aromatic rings. The van der Waals surface area contributed by atoms with Crippen LogP contribution in [0.4, 0.5) is 26.3 Å². The number of hydrogen-bond acceptors (Lipinski definition) is 5.